The van der Waals surface area contributed by atoms with Gasteiger partial charge >= 0.3 is 0 Å². The molecule has 0 bridgehead atoms. The Hall–Kier alpha value is -1.75. The number of benzene rings is 2. The molecule has 0 amide bonds. The Morgan fingerprint density at radius 3 is 2.38 bits per heavy atom. The lowest BCUT2D eigenvalue weighted by Gasteiger charge is -2.40. The predicted molar refractivity (Wildman–Crippen MR) is 100 cm³/mol. The summed E-state index contributed by atoms with van der Waals surface area (Å²) in [6.07, 6.45) is 0. The van der Waals surface area contributed by atoms with Crippen LogP contribution in [0.15, 0.2) is 48.5 Å². The van der Waals surface area contributed by atoms with Crippen molar-refractivity contribution in [1.82, 2.24) is 4.90 Å². The number of anilines is 1. The molecule has 24 heavy (non-hydrogen) atoms. The van der Waals surface area contributed by atoms with Crippen LogP contribution >= 0.6 is 11.6 Å². The average molecular weight is 346 g/mol. The molecule has 5 heteroatoms. The van der Waals surface area contributed by atoms with E-state index >= 15 is 0 Å². The standard InChI is InChI=1S/C19H24ClN3O/c1-24-18-7-5-15(6-8-18)19(14-21)23-11-9-22(10-12-23)17-4-2-3-16(20)13-17/h2-8,13,19H,9-12,14,21H2,1H3. The van der Waals surface area contributed by atoms with Crippen molar-refractivity contribution < 1.29 is 4.74 Å². The molecule has 0 radical (unpaired) electrons. The molecule has 2 N–H and O–H groups in total. The molecule has 1 saturated heterocycles. The molecule has 2 aromatic rings. The van der Waals surface area contributed by atoms with Crippen LogP contribution in [-0.4, -0.2) is 44.7 Å². The van der Waals surface area contributed by atoms with Crippen LogP contribution in [0, 0.1) is 0 Å². The predicted octanol–water partition coefficient (Wildman–Crippen LogP) is 3.17. The first-order valence-electron chi connectivity index (χ1n) is 8.30. The van der Waals surface area contributed by atoms with Crippen LogP contribution in [0.5, 0.6) is 5.75 Å². The van der Waals surface area contributed by atoms with E-state index in [2.05, 4.69) is 28.0 Å². The van der Waals surface area contributed by atoms with Crippen molar-refractivity contribution in [2.75, 3.05) is 44.7 Å². The summed E-state index contributed by atoms with van der Waals surface area (Å²) in [6, 6.07) is 16.5. The lowest BCUT2D eigenvalue weighted by atomic mass is 10.0. The molecule has 2 aromatic carbocycles. The van der Waals surface area contributed by atoms with E-state index in [1.54, 1.807) is 7.11 Å². The van der Waals surface area contributed by atoms with Crippen LogP contribution in [0.25, 0.3) is 0 Å². The van der Waals surface area contributed by atoms with E-state index in [1.807, 2.05) is 30.3 Å². The molecule has 0 spiro atoms. The summed E-state index contributed by atoms with van der Waals surface area (Å²) in [6.45, 7) is 4.55. The second-order valence-corrected chi connectivity index (χ2v) is 6.46. The Bertz CT molecular complexity index is 654. The minimum absolute atomic E-state index is 0.248. The van der Waals surface area contributed by atoms with Crippen molar-refractivity contribution >= 4 is 17.3 Å². The first-order valence-corrected chi connectivity index (χ1v) is 8.67. The van der Waals surface area contributed by atoms with Crippen molar-refractivity contribution in [2.45, 2.75) is 6.04 Å². The molecule has 4 nitrogen and oxygen atoms in total. The highest BCUT2D eigenvalue weighted by atomic mass is 35.5. The normalized spacial score (nSPS) is 16.9. The number of methoxy groups -OCH3 is 1. The van der Waals surface area contributed by atoms with Gasteiger partial charge in [-0.05, 0) is 35.9 Å². The van der Waals surface area contributed by atoms with Crippen molar-refractivity contribution in [3.63, 3.8) is 0 Å². The summed E-state index contributed by atoms with van der Waals surface area (Å²) in [7, 11) is 1.69. The largest absolute Gasteiger partial charge is 0.497 e. The summed E-state index contributed by atoms with van der Waals surface area (Å²) in [4.78, 5) is 4.84. The smallest absolute Gasteiger partial charge is 0.118 e. The summed E-state index contributed by atoms with van der Waals surface area (Å²) < 4.78 is 5.24. The Labute approximate surface area is 148 Å². The Morgan fingerprint density at radius 1 is 1.08 bits per heavy atom. The number of halogens is 1. The van der Waals surface area contributed by atoms with Gasteiger partial charge in [0.05, 0.1) is 7.11 Å². The highest BCUT2D eigenvalue weighted by Crippen LogP contribution is 2.26. The third kappa shape index (κ3) is 3.83. The van der Waals surface area contributed by atoms with Gasteiger partial charge in [0, 0.05) is 49.5 Å². The zero-order valence-corrected chi connectivity index (χ0v) is 14.7. The number of hydrogen-bond acceptors (Lipinski definition) is 4. The summed E-state index contributed by atoms with van der Waals surface area (Å²) in [5.74, 6) is 0.875. The molecule has 0 saturated carbocycles. The maximum Gasteiger partial charge on any atom is 0.118 e. The number of piperazine rings is 1. The highest BCUT2D eigenvalue weighted by molar-refractivity contribution is 6.30. The summed E-state index contributed by atoms with van der Waals surface area (Å²) >= 11 is 6.11. The Morgan fingerprint density at radius 2 is 1.79 bits per heavy atom. The molecule has 0 aromatic heterocycles. The lowest BCUT2D eigenvalue weighted by molar-refractivity contribution is 0.190. The molecule has 1 aliphatic heterocycles. The van der Waals surface area contributed by atoms with Gasteiger partial charge in [0.25, 0.3) is 0 Å². The Kier molecular flexibility index (Phi) is 5.61. The third-order valence-electron chi connectivity index (χ3n) is 4.65. The Balaban J connectivity index is 1.65. The minimum atomic E-state index is 0.248. The first-order chi connectivity index (χ1) is 11.7. The van der Waals surface area contributed by atoms with Gasteiger partial charge < -0.3 is 15.4 Å². The maximum absolute atomic E-state index is 6.11. The van der Waals surface area contributed by atoms with Crippen molar-refractivity contribution in [1.29, 1.82) is 0 Å². The van der Waals surface area contributed by atoms with Crippen LogP contribution in [-0.2, 0) is 0 Å². The van der Waals surface area contributed by atoms with Gasteiger partial charge in [-0.3, -0.25) is 4.90 Å². The number of ether oxygens (including phenoxy) is 1. The maximum atomic E-state index is 6.11. The number of rotatable bonds is 5. The second-order valence-electron chi connectivity index (χ2n) is 6.03. The molecular weight excluding hydrogens is 322 g/mol. The zero-order valence-electron chi connectivity index (χ0n) is 14.0. The van der Waals surface area contributed by atoms with Gasteiger partial charge in [-0.1, -0.05) is 29.8 Å². The van der Waals surface area contributed by atoms with Crippen molar-refractivity contribution in [3.05, 3.63) is 59.1 Å². The number of nitrogens with two attached hydrogens (primary N) is 1. The molecule has 1 aliphatic rings. The zero-order chi connectivity index (χ0) is 16.9. The molecular formula is C19H24ClN3O. The van der Waals surface area contributed by atoms with Gasteiger partial charge in [-0.2, -0.15) is 0 Å². The van der Waals surface area contributed by atoms with Crippen LogP contribution in [0.4, 0.5) is 5.69 Å². The van der Waals surface area contributed by atoms with E-state index in [0.29, 0.717) is 6.54 Å². The minimum Gasteiger partial charge on any atom is -0.497 e. The van der Waals surface area contributed by atoms with E-state index < -0.39 is 0 Å². The van der Waals surface area contributed by atoms with E-state index in [4.69, 9.17) is 22.1 Å². The number of nitrogens with zero attached hydrogens (tertiary/aromatic N) is 2. The average Bonchev–Trinajstić information content (AvgIpc) is 2.63. The molecule has 1 heterocycles. The van der Waals surface area contributed by atoms with Gasteiger partial charge in [0.1, 0.15) is 5.75 Å². The van der Waals surface area contributed by atoms with Crippen molar-refractivity contribution in [3.8, 4) is 5.75 Å². The second kappa shape index (κ2) is 7.88. The summed E-state index contributed by atoms with van der Waals surface area (Å²) in [5.41, 5.74) is 8.50. The van der Waals surface area contributed by atoms with Gasteiger partial charge in [0.2, 0.25) is 0 Å². The van der Waals surface area contributed by atoms with Crippen LogP contribution in [0.2, 0.25) is 5.02 Å². The lowest BCUT2D eigenvalue weighted by Crippen LogP contribution is -2.49. The molecule has 1 unspecified atom stereocenters. The monoisotopic (exact) mass is 345 g/mol. The number of hydrogen-bond donors (Lipinski definition) is 1. The molecule has 1 fully saturated rings. The van der Waals surface area contributed by atoms with Crippen LogP contribution in [0.1, 0.15) is 11.6 Å². The third-order valence-corrected chi connectivity index (χ3v) is 4.89. The van der Waals surface area contributed by atoms with Crippen LogP contribution in [0.3, 0.4) is 0 Å². The molecule has 0 aliphatic carbocycles. The van der Waals surface area contributed by atoms with Crippen molar-refractivity contribution in [2.24, 2.45) is 5.73 Å². The molecule has 128 valence electrons. The van der Waals surface area contributed by atoms with Gasteiger partial charge in [-0.25, -0.2) is 0 Å². The fourth-order valence-electron chi connectivity index (χ4n) is 3.29. The van der Waals surface area contributed by atoms with Gasteiger partial charge in [-0.15, -0.1) is 0 Å². The van der Waals surface area contributed by atoms with E-state index in [-0.39, 0.29) is 6.04 Å². The molecule has 3 rings (SSSR count). The fraction of sp³-hybridized carbons (Fsp3) is 0.368. The summed E-state index contributed by atoms with van der Waals surface area (Å²) in [5, 5.41) is 0.785. The van der Waals surface area contributed by atoms with E-state index in [1.165, 1.54) is 11.3 Å². The SMILES string of the molecule is COc1ccc(C(CN)N2CCN(c3cccc(Cl)c3)CC2)cc1. The van der Waals surface area contributed by atoms with E-state index in [9.17, 15) is 0 Å². The highest BCUT2D eigenvalue weighted by Gasteiger charge is 2.24. The first kappa shape index (κ1) is 17.1. The molecule has 1 atom stereocenters. The van der Waals surface area contributed by atoms with Crippen LogP contribution < -0.4 is 15.4 Å². The topological polar surface area (TPSA) is 41.7 Å². The van der Waals surface area contributed by atoms with E-state index in [0.717, 1.165) is 37.0 Å². The quantitative estimate of drug-likeness (QED) is 0.903. The fourth-order valence-corrected chi connectivity index (χ4v) is 3.47. The van der Waals surface area contributed by atoms with Gasteiger partial charge in [0.15, 0.2) is 0 Å².